The Morgan fingerprint density at radius 2 is 2.06 bits per heavy atom. The number of nitrogens with zero attached hydrogens (tertiary/aromatic N) is 2. The lowest BCUT2D eigenvalue weighted by Gasteiger charge is -2.35. The van der Waals surface area contributed by atoms with Crippen molar-refractivity contribution in [3.63, 3.8) is 0 Å². The molecule has 16 heavy (non-hydrogen) atoms. The molecule has 0 aliphatic heterocycles. The SMILES string of the molecule is CC1(C)CCCC1(N)c1noc(C2CC2)n1. The van der Waals surface area contributed by atoms with E-state index in [9.17, 15) is 0 Å². The number of hydrogen-bond donors (Lipinski definition) is 1. The fourth-order valence-electron chi connectivity index (χ4n) is 2.70. The Labute approximate surface area is 95.6 Å². The summed E-state index contributed by atoms with van der Waals surface area (Å²) in [5.41, 5.74) is 6.18. The molecule has 1 heterocycles. The predicted molar refractivity (Wildman–Crippen MR) is 59.8 cm³/mol. The van der Waals surface area contributed by atoms with Crippen molar-refractivity contribution in [1.82, 2.24) is 10.1 Å². The van der Waals surface area contributed by atoms with Gasteiger partial charge in [-0.3, -0.25) is 0 Å². The second kappa shape index (κ2) is 3.06. The highest BCUT2D eigenvalue weighted by Crippen LogP contribution is 2.50. The molecule has 0 radical (unpaired) electrons. The van der Waals surface area contributed by atoms with Crippen LogP contribution in [0.4, 0.5) is 0 Å². The monoisotopic (exact) mass is 221 g/mol. The Hall–Kier alpha value is -0.900. The van der Waals surface area contributed by atoms with E-state index >= 15 is 0 Å². The summed E-state index contributed by atoms with van der Waals surface area (Å²) in [7, 11) is 0. The fraction of sp³-hybridized carbons (Fsp3) is 0.833. The second-order valence-electron chi connectivity index (χ2n) is 5.94. The van der Waals surface area contributed by atoms with Crippen LogP contribution in [0.1, 0.15) is 63.6 Å². The number of nitrogens with two attached hydrogens (primary N) is 1. The molecular weight excluding hydrogens is 202 g/mol. The third-order valence-corrected chi connectivity index (χ3v) is 4.35. The highest BCUT2D eigenvalue weighted by molar-refractivity contribution is 5.15. The fourth-order valence-corrected chi connectivity index (χ4v) is 2.70. The van der Waals surface area contributed by atoms with Gasteiger partial charge < -0.3 is 10.3 Å². The second-order valence-corrected chi connectivity index (χ2v) is 5.94. The van der Waals surface area contributed by atoms with Crippen LogP contribution in [0.15, 0.2) is 4.52 Å². The van der Waals surface area contributed by atoms with E-state index in [1.807, 2.05) is 0 Å². The van der Waals surface area contributed by atoms with Gasteiger partial charge >= 0.3 is 0 Å². The van der Waals surface area contributed by atoms with Crippen LogP contribution < -0.4 is 5.73 Å². The summed E-state index contributed by atoms with van der Waals surface area (Å²) in [6.45, 7) is 4.40. The van der Waals surface area contributed by atoms with E-state index in [0.29, 0.717) is 5.92 Å². The van der Waals surface area contributed by atoms with Gasteiger partial charge in [-0.05, 0) is 31.1 Å². The summed E-state index contributed by atoms with van der Waals surface area (Å²) in [6.07, 6.45) is 5.61. The lowest BCUT2D eigenvalue weighted by Crippen LogP contribution is -2.46. The normalized spacial score (nSPS) is 33.2. The van der Waals surface area contributed by atoms with E-state index in [1.165, 1.54) is 12.8 Å². The maximum Gasteiger partial charge on any atom is 0.229 e. The van der Waals surface area contributed by atoms with Crippen molar-refractivity contribution in [3.8, 4) is 0 Å². The van der Waals surface area contributed by atoms with Crippen LogP contribution in [0.5, 0.6) is 0 Å². The molecule has 88 valence electrons. The number of aromatic nitrogens is 2. The molecule has 1 unspecified atom stereocenters. The molecule has 1 aromatic rings. The van der Waals surface area contributed by atoms with Gasteiger partial charge in [0, 0.05) is 5.92 Å². The van der Waals surface area contributed by atoms with Gasteiger partial charge in [0.1, 0.15) is 0 Å². The Kier molecular flexibility index (Phi) is 1.97. The van der Waals surface area contributed by atoms with Gasteiger partial charge in [-0.1, -0.05) is 25.4 Å². The van der Waals surface area contributed by atoms with Gasteiger partial charge in [-0.25, -0.2) is 0 Å². The first-order valence-corrected chi connectivity index (χ1v) is 6.16. The van der Waals surface area contributed by atoms with Crippen LogP contribution in [0.2, 0.25) is 0 Å². The van der Waals surface area contributed by atoms with Gasteiger partial charge in [0.05, 0.1) is 5.54 Å². The summed E-state index contributed by atoms with van der Waals surface area (Å²) in [5, 5.41) is 4.12. The summed E-state index contributed by atoms with van der Waals surface area (Å²) in [4.78, 5) is 4.52. The summed E-state index contributed by atoms with van der Waals surface area (Å²) in [6, 6.07) is 0. The molecule has 1 aromatic heterocycles. The van der Waals surface area contributed by atoms with E-state index in [4.69, 9.17) is 10.3 Å². The zero-order valence-electron chi connectivity index (χ0n) is 9.99. The van der Waals surface area contributed by atoms with Gasteiger partial charge in [0.25, 0.3) is 0 Å². The number of rotatable bonds is 2. The minimum atomic E-state index is -0.399. The van der Waals surface area contributed by atoms with E-state index < -0.39 is 5.54 Å². The first-order chi connectivity index (χ1) is 7.53. The lowest BCUT2D eigenvalue weighted by atomic mass is 9.75. The molecule has 0 saturated heterocycles. The van der Waals surface area contributed by atoms with Gasteiger partial charge in [0.15, 0.2) is 5.82 Å². The quantitative estimate of drug-likeness (QED) is 0.832. The highest BCUT2D eigenvalue weighted by atomic mass is 16.5. The topological polar surface area (TPSA) is 64.9 Å². The molecule has 0 bridgehead atoms. The maximum atomic E-state index is 6.51. The van der Waals surface area contributed by atoms with Crippen LogP contribution in [0, 0.1) is 5.41 Å². The Morgan fingerprint density at radius 1 is 1.31 bits per heavy atom. The molecule has 3 rings (SSSR count). The molecule has 0 amide bonds. The molecule has 2 aliphatic carbocycles. The first-order valence-electron chi connectivity index (χ1n) is 6.16. The van der Waals surface area contributed by atoms with Gasteiger partial charge in [-0.15, -0.1) is 0 Å². The van der Waals surface area contributed by atoms with Crippen molar-refractivity contribution in [2.45, 2.75) is 57.4 Å². The first kappa shape index (κ1) is 10.3. The number of hydrogen-bond acceptors (Lipinski definition) is 4. The zero-order chi connectivity index (χ0) is 11.4. The Morgan fingerprint density at radius 3 is 2.62 bits per heavy atom. The van der Waals surface area contributed by atoms with Crippen molar-refractivity contribution >= 4 is 0 Å². The molecule has 2 saturated carbocycles. The molecular formula is C12H19N3O. The van der Waals surface area contributed by atoms with Crippen LogP contribution in [0.25, 0.3) is 0 Å². The maximum absolute atomic E-state index is 6.51. The Balaban J connectivity index is 1.95. The third kappa shape index (κ3) is 1.32. The minimum Gasteiger partial charge on any atom is -0.339 e. The molecule has 2 N–H and O–H groups in total. The molecule has 4 heteroatoms. The van der Waals surface area contributed by atoms with Gasteiger partial charge in [0.2, 0.25) is 5.89 Å². The van der Waals surface area contributed by atoms with Crippen molar-refractivity contribution in [1.29, 1.82) is 0 Å². The third-order valence-electron chi connectivity index (χ3n) is 4.35. The lowest BCUT2D eigenvalue weighted by molar-refractivity contribution is 0.192. The molecule has 0 spiro atoms. The summed E-state index contributed by atoms with van der Waals surface area (Å²) in [5.74, 6) is 2.02. The molecule has 4 nitrogen and oxygen atoms in total. The standard InChI is InChI=1S/C12H19N3O/c1-11(2)6-3-7-12(11,13)10-14-9(16-15-10)8-4-5-8/h8H,3-7,13H2,1-2H3. The molecule has 2 aliphatic rings. The van der Waals surface area contributed by atoms with Crippen LogP contribution in [0.3, 0.4) is 0 Å². The van der Waals surface area contributed by atoms with Crippen molar-refractivity contribution in [2.75, 3.05) is 0 Å². The van der Waals surface area contributed by atoms with Crippen LogP contribution in [-0.2, 0) is 5.54 Å². The summed E-state index contributed by atoms with van der Waals surface area (Å²) < 4.78 is 5.32. The molecule has 0 aromatic carbocycles. The largest absolute Gasteiger partial charge is 0.339 e. The van der Waals surface area contributed by atoms with E-state index in [1.54, 1.807) is 0 Å². The average molecular weight is 221 g/mol. The van der Waals surface area contributed by atoms with Crippen molar-refractivity contribution in [2.24, 2.45) is 11.1 Å². The average Bonchev–Trinajstić information content (AvgIpc) is 2.88. The molecule has 2 fully saturated rings. The summed E-state index contributed by atoms with van der Waals surface area (Å²) >= 11 is 0. The molecule has 1 atom stereocenters. The smallest absolute Gasteiger partial charge is 0.229 e. The van der Waals surface area contributed by atoms with Crippen LogP contribution in [-0.4, -0.2) is 10.1 Å². The van der Waals surface area contributed by atoms with Crippen molar-refractivity contribution in [3.05, 3.63) is 11.7 Å². The zero-order valence-corrected chi connectivity index (χ0v) is 9.99. The van der Waals surface area contributed by atoms with E-state index in [2.05, 4.69) is 24.0 Å². The predicted octanol–water partition coefficient (Wildman–Crippen LogP) is 2.31. The van der Waals surface area contributed by atoms with E-state index in [-0.39, 0.29) is 5.41 Å². The van der Waals surface area contributed by atoms with Crippen molar-refractivity contribution < 1.29 is 4.52 Å². The highest BCUT2D eigenvalue weighted by Gasteiger charge is 2.50. The minimum absolute atomic E-state index is 0.0672. The van der Waals surface area contributed by atoms with Crippen LogP contribution >= 0.6 is 0 Å². The van der Waals surface area contributed by atoms with E-state index in [0.717, 1.165) is 31.0 Å². The Bertz CT molecular complexity index is 408. The van der Waals surface area contributed by atoms with Gasteiger partial charge in [-0.2, -0.15) is 4.98 Å².